The molecule has 1 saturated carbocycles. The minimum Gasteiger partial charge on any atom is -0.492 e. The van der Waals surface area contributed by atoms with Crippen molar-refractivity contribution in [2.45, 2.75) is 45.6 Å². The first-order chi connectivity index (χ1) is 13.5. The molecule has 1 aliphatic carbocycles. The molecule has 0 amide bonds. The van der Waals surface area contributed by atoms with Gasteiger partial charge in [-0.15, -0.1) is 5.10 Å². The van der Waals surface area contributed by atoms with Crippen LogP contribution in [-0.4, -0.2) is 45.7 Å². The van der Waals surface area contributed by atoms with Crippen LogP contribution >= 0.6 is 0 Å². The summed E-state index contributed by atoms with van der Waals surface area (Å²) in [7, 11) is 0. The van der Waals surface area contributed by atoms with Crippen molar-refractivity contribution in [2.75, 3.05) is 0 Å². The highest BCUT2D eigenvalue weighted by atomic mass is 19.1. The summed E-state index contributed by atoms with van der Waals surface area (Å²) in [6.07, 6.45) is 7.90. The van der Waals surface area contributed by atoms with Gasteiger partial charge in [-0.2, -0.15) is 14.5 Å². The van der Waals surface area contributed by atoms with Crippen molar-refractivity contribution >= 4 is 17.0 Å². The SMILES string of the molecule is CC[C@H]1CC[C@H](Cn2nc(F)c3nc(-n4cc(C(=O)O)cn4)nc(O)c32)CC1. The van der Waals surface area contributed by atoms with Crippen LogP contribution in [-0.2, 0) is 6.54 Å². The van der Waals surface area contributed by atoms with E-state index in [2.05, 4.69) is 27.1 Å². The van der Waals surface area contributed by atoms with Crippen LogP contribution in [0.25, 0.3) is 17.0 Å². The summed E-state index contributed by atoms with van der Waals surface area (Å²) in [4.78, 5) is 19.1. The Balaban J connectivity index is 1.64. The topological polar surface area (TPSA) is 119 Å². The van der Waals surface area contributed by atoms with E-state index in [1.54, 1.807) is 0 Å². The molecule has 0 aromatic carbocycles. The first kappa shape index (κ1) is 18.3. The fourth-order valence-electron chi connectivity index (χ4n) is 3.86. The maximum Gasteiger partial charge on any atom is 0.338 e. The van der Waals surface area contributed by atoms with E-state index in [9.17, 15) is 14.3 Å². The molecule has 9 nitrogen and oxygen atoms in total. The number of aromatic nitrogens is 6. The first-order valence-electron chi connectivity index (χ1n) is 9.37. The molecule has 3 aromatic heterocycles. The number of rotatable bonds is 5. The zero-order valence-electron chi connectivity index (χ0n) is 15.4. The van der Waals surface area contributed by atoms with E-state index in [-0.39, 0.29) is 22.5 Å². The molecule has 0 unspecified atom stereocenters. The molecular weight excluding hydrogens is 367 g/mol. The number of carbonyl (C=O) groups is 1. The number of fused-ring (bicyclic) bond motifs is 1. The molecule has 148 valence electrons. The van der Waals surface area contributed by atoms with Gasteiger partial charge in [0.15, 0.2) is 11.0 Å². The Bertz CT molecular complexity index is 1020. The third kappa shape index (κ3) is 3.30. The van der Waals surface area contributed by atoms with Gasteiger partial charge >= 0.3 is 5.97 Å². The van der Waals surface area contributed by atoms with E-state index in [0.717, 1.165) is 42.5 Å². The quantitative estimate of drug-likeness (QED) is 0.690. The summed E-state index contributed by atoms with van der Waals surface area (Å²) in [6, 6.07) is 0. The largest absolute Gasteiger partial charge is 0.492 e. The van der Waals surface area contributed by atoms with Crippen LogP contribution < -0.4 is 0 Å². The number of aromatic carboxylic acids is 1. The highest BCUT2D eigenvalue weighted by Gasteiger charge is 2.24. The molecule has 0 spiro atoms. The molecule has 0 saturated heterocycles. The van der Waals surface area contributed by atoms with Crippen LogP contribution in [0.3, 0.4) is 0 Å². The molecule has 0 bridgehead atoms. The van der Waals surface area contributed by atoms with E-state index in [1.807, 2.05) is 0 Å². The number of aromatic hydroxyl groups is 1. The molecule has 10 heteroatoms. The lowest BCUT2D eigenvalue weighted by Gasteiger charge is -2.27. The van der Waals surface area contributed by atoms with Crippen LogP contribution in [0, 0.1) is 17.8 Å². The van der Waals surface area contributed by atoms with Crippen molar-refractivity contribution in [1.29, 1.82) is 0 Å². The van der Waals surface area contributed by atoms with E-state index in [1.165, 1.54) is 17.3 Å². The van der Waals surface area contributed by atoms with Crippen LogP contribution in [0.15, 0.2) is 12.4 Å². The molecule has 2 N–H and O–H groups in total. The average Bonchev–Trinajstić information content (AvgIpc) is 3.28. The summed E-state index contributed by atoms with van der Waals surface area (Å²) in [5, 5.41) is 27.2. The van der Waals surface area contributed by atoms with E-state index in [0.29, 0.717) is 12.5 Å². The maximum absolute atomic E-state index is 14.4. The molecule has 1 fully saturated rings. The van der Waals surface area contributed by atoms with E-state index in [4.69, 9.17) is 5.11 Å². The summed E-state index contributed by atoms with van der Waals surface area (Å²) >= 11 is 0. The van der Waals surface area contributed by atoms with Gasteiger partial charge in [0, 0.05) is 12.7 Å². The van der Waals surface area contributed by atoms with Gasteiger partial charge < -0.3 is 10.2 Å². The van der Waals surface area contributed by atoms with Crippen LogP contribution in [0.4, 0.5) is 4.39 Å². The smallest absolute Gasteiger partial charge is 0.338 e. The van der Waals surface area contributed by atoms with Gasteiger partial charge in [-0.05, 0) is 24.7 Å². The van der Waals surface area contributed by atoms with Gasteiger partial charge in [-0.3, -0.25) is 4.68 Å². The van der Waals surface area contributed by atoms with Crippen molar-refractivity contribution < 1.29 is 19.4 Å². The second-order valence-corrected chi connectivity index (χ2v) is 7.29. The third-order valence-corrected chi connectivity index (χ3v) is 5.53. The molecule has 3 aromatic rings. The molecule has 4 rings (SSSR count). The van der Waals surface area contributed by atoms with Gasteiger partial charge in [0.05, 0.1) is 11.8 Å². The summed E-state index contributed by atoms with van der Waals surface area (Å²) < 4.78 is 16.9. The Kier molecular flexibility index (Phi) is 4.70. The lowest BCUT2D eigenvalue weighted by molar-refractivity contribution is 0.0697. The van der Waals surface area contributed by atoms with Gasteiger partial charge in [0.2, 0.25) is 5.88 Å². The minimum absolute atomic E-state index is 0.0676. The number of carboxylic acid groups (broad SMARTS) is 1. The summed E-state index contributed by atoms with van der Waals surface area (Å²) in [6.45, 7) is 2.70. The Hall–Kier alpha value is -3.04. The van der Waals surface area contributed by atoms with E-state index < -0.39 is 17.8 Å². The molecule has 1 aliphatic rings. The molecule has 28 heavy (non-hydrogen) atoms. The lowest BCUT2D eigenvalue weighted by Crippen LogP contribution is -2.19. The zero-order valence-corrected chi connectivity index (χ0v) is 15.4. The number of nitrogens with zero attached hydrogens (tertiary/aromatic N) is 6. The zero-order chi connectivity index (χ0) is 19.8. The summed E-state index contributed by atoms with van der Waals surface area (Å²) in [5.41, 5.74) is -0.0383. The van der Waals surface area contributed by atoms with E-state index >= 15 is 0 Å². The monoisotopic (exact) mass is 388 g/mol. The van der Waals surface area contributed by atoms with Crippen LogP contribution in [0.2, 0.25) is 0 Å². The van der Waals surface area contributed by atoms with Crippen molar-refractivity contribution in [1.82, 2.24) is 29.5 Å². The molecular formula is C18H21FN6O3. The van der Waals surface area contributed by atoms with Crippen molar-refractivity contribution in [2.24, 2.45) is 11.8 Å². The van der Waals surface area contributed by atoms with Gasteiger partial charge in [0.1, 0.15) is 0 Å². The van der Waals surface area contributed by atoms with Gasteiger partial charge in [-0.1, -0.05) is 26.2 Å². The number of halogens is 1. The Labute approximate surface area is 159 Å². The van der Waals surface area contributed by atoms with Gasteiger partial charge in [0.25, 0.3) is 11.9 Å². The number of hydrogen-bond acceptors (Lipinski definition) is 6. The number of carboxylic acids is 1. The Morgan fingerprint density at radius 3 is 2.61 bits per heavy atom. The lowest BCUT2D eigenvalue weighted by atomic mass is 9.81. The van der Waals surface area contributed by atoms with Crippen molar-refractivity contribution in [3.8, 4) is 11.8 Å². The van der Waals surface area contributed by atoms with Crippen molar-refractivity contribution in [3.05, 3.63) is 23.9 Å². The Morgan fingerprint density at radius 2 is 1.96 bits per heavy atom. The highest BCUT2D eigenvalue weighted by molar-refractivity contribution is 5.87. The Morgan fingerprint density at radius 1 is 1.25 bits per heavy atom. The standard InChI is InChI=1S/C18H21FN6O3/c1-2-10-3-5-11(6-4-10)8-24-14-13(15(19)23-24)21-18(22-16(14)26)25-9-12(7-20-25)17(27)28/h7,9-11H,2-6,8H2,1H3,(H,27,28)(H,21,22,26)/t10-,11-. The molecule has 0 radical (unpaired) electrons. The third-order valence-electron chi connectivity index (χ3n) is 5.53. The maximum atomic E-state index is 14.4. The fourth-order valence-corrected chi connectivity index (χ4v) is 3.86. The first-order valence-corrected chi connectivity index (χ1v) is 9.37. The number of hydrogen-bond donors (Lipinski definition) is 2. The highest BCUT2D eigenvalue weighted by Crippen LogP contribution is 2.33. The fraction of sp³-hybridized carbons (Fsp3) is 0.500. The molecule has 0 aliphatic heterocycles. The van der Waals surface area contributed by atoms with Gasteiger partial charge in [-0.25, -0.2) is 14.5 Å². The van der Waals surface area contributed by atoms with Crippen molar-refractivity contribution in [3.63, 3.8) is 0 Å². The van der Waals surface area contributed by atoms with Crippen LogP contribution in [0.5, 0.6) is 5.88 Å². The van der Waals surface area contributed by atoms with Crippen LogP contribution in [0.1, 0.15) is 49.4 Å². The normalized spacial score (nSPS) is 19.9. The summed E-state index contributed by atoms with van der Waals surface area (Å²) in [5.74, 6) is -1.37. The molecule has 0 atom stereocenters. The minimum atomic E-state index is -1.16. The average molecular weight is 388 g/mol. The predicted molar refractivity (Wildman–Crippen MR) is 96.8 cm³/mol. The second kappa shape index (κ2) is 7.17. The molecule has 3 heterocycles. The second-order valence-electron chi connectivity index (χ2n) is 7.29. The predicted octanol–water partition coefficient (Wildman–Crippen LogP) is 2.77.